The molecule has 10 heteroatoms. The number of para-hydroxylation sites is 2. The van der Waals surface area contributed by atoms with Crippen LogP contribution in [0, 0.1) is 13.8 Å². The quantitative estimate of drug-likeness (QED) is 0.206. The minimum atomic E-state index is -4.12. The Morgan fingerprint density at radius 1 is 0.848 bits per heavy atom. The van der Waals surface area contributed by atoms with Crippen molar-refractivity contribution in [2.24, 2.45) is 0 Å². The summed E-state index contributed by atoms with van der Waals surface area (Å²) in [4.78, 5) is 28.8. The van der Waals surface area contributed by atoms with Crippen LogP contribution in [0.3, 0.4) is 0 Å². The van der Waals surface area contributed by atoms with Crippen LogP contribution in [0.1, 0.15) is 37.6 Å². The van der Waals surface area contributed by atoms with Gasteiger partial charge in [0.05, 0.1) is 16.3 Å². The molecule has 1 saturated heterocycles. The Morgan fingerprint density at radius 2 is 1.52 bits per heavy atom. The van der Waals surface area contributed by atoms with Gasteiger partial charge in [-0.2, -0.15) is 0 Å². The van der Waals surface area contributed by atoms with Crippen LogP contribution < -0.4 is 9.21 Å². The highest BCUT2D eigenvalue weighted by Gasteiger charge is 2.31. The van der Waals surface area contributed by atoms with Crippen LogP contribution in [0.5, 0.6) is 0 Å². The summed E-state index contributed by atoms with van der Waals surface area (Å²) in [7, 11) is -4.12. The molecule has 0 spiro atoms. The Kier molecular flexibility index (Phi) is 8.55. The average molecular weight is 638 g/mol. The van der Waals surface area contributed by atoms with Gasteiger partial charge in [0.15, 0.2) is 0 Å². The van der Waals surface area contributed by atoms with Crippen LogP contribution in [-0.4, -0.2) is 63.0 Å². The first-order valence-electron chi connectivity index (χ1n) is 15.2. The number of aromatic carboxylic acids is 1. The maximum atomic E-state index is 14.5. The molecule has 46 heavy (non-hydrogen) atoms. The topological polar surface area (TPSA) is 111 Å². The highest BCUT2D eigenvalue weighted by atomic mass is 32.2. The standard InChI is InChI=1S/C36H35N3O6S/c1-25-12-14-28(15-13-25)35(40)38-22-20-37(21-23-38)31-10-6-7-11-32(31)39(19-18-27-8-4-3-5-9-27)46(43,44)29-16-17-33-30(24-29)26(2)34(45-33)36(41)42/h3-17,24H,18-23H2,1-2H3,(H,41,42). The van der Waals surface area contributed by atoms with E-state index in [0.717, 1.165) is 16.8 Å². The molecule has 1 aliphatic rings. The van der Waals surface area contributed by atoms with E-state index in [9.17, 15) is 23.1 Å². The molecule has 1 aromatic heterocycles. The summed E-state index contributed by atoms with van der Waals surface area (Å²) >= 11 is 0. The van der Waals surface area contributed by atoms with Crippen molar-refractivity contribution in [3.63, 3.8) is 0 Å². The molecule has 0 saturated carbocycles. The summed E-state index contributed by atoms with van der Waals surface area (Å²) in [5.41, 5.74) is 4.71. The van der Waals surface area contributed by atoms with Crippen molar-refractivity contribution < 1.29 is 27.5 Å². The van der Waals surface area contributed by atoms with Crippen LogP contribution >= 0.6 is 0 Å². The Morgan fingerprint density at radius 3 is 2.22 bits per heavy atom. The second-order valence-corrected chi connectivity index (χ2v) is 13.3. The van der Waals surface area contributed by atoms with E-state index in [4.69, 9.17) is 4.42 Å². The molecule has 6 rings (SSSR count). The van der Waals surface area contributed by atoms with Gasteiger partial charge in [-0.05, 0) is 68.3 Å². The number of carboxylic acid groups (broad SMARTS) is 1. The number of furan rings is 1. The lowest BCUT2D eigenvalue weighted by Gasteiger charge is -2.38. The van der Waals surface area contributed by atoms with Crippen molar-refractivity contribution in [3.05, 3.63) is 125 Å². The van der Waals surface area contributed by atoms with Crippen molar-refractivity contribution >= 4 is 44.2 Å². The lowest BCUT2D eigenvalue weighted by molar-refractivity contribution is 0.0663. The summed E-state index contributed by atoms with van der Waals surface area (Å²) in [5, 5.41) is 9.97. The zero-order valence-corrected chi connectivity index (χ0v) is 26.5. The van der Waals surface area contributed by atoms with E-state index in [1.165, 1.54) is 22.5 Å². The number of hydrogen-bond donors (Lipinski definition) is 1. The molecule has 0 bridgehead atoms. The molecule has 0 atom stereocenters. The minimum Gasteiger partial charge on any atom is -0.475 e. The number of piperazine rings is 1. The molecule has 4 aromatic carbocycles. The molecule has 0 unspecified atom stereocenters. The maximum Gasteiger partial charge on any atom is 0.372 e. The third kappa shape index (κ3) is 6.08. The number of nitrogens with zero attached hydrogens (tertiary/aromatic N) is 3. The maximum absolute atomic E-state index is 14.5. The highest BCUT2D eigenvalue weighted by Crippen LogP contribution is 2.36. The van der Waals surface area contributed by atoms with Gasteiger partial charge in [0.25, 0.3) is 15.9 Å². The van der Waals surface area contributed by atoms with Gasteiger partial charge in [0.1, 0.15) is 5.58 Å². The highest BCUT2D eigenvalue weighted by molar-refractivity contribution is 7.92. The molecule has 0 aliphatic carbocycles. The smallest absolute Gasteiger partial charge is 0.372 e. The van der Waals surface area contributed by atoms with Crippen molar-refractivity contribution in [1.82, 2.24) is 4.90 Å². The predicted molar refractivity (Wildman–Crippen MR) is 178 cm³/mol. The third-order valence-electron chi connectivity index (χ3n) is 8.49. The van der Waals surface area contributed by atoms with E-state index in [2.05, 4.69) is 4.90 Å². The summed E-state index contributed by atoms with van der Waals surface area (Å²) in [6.07, 6.45) is 0.476. The number of carboxylic acids is 1. The van der Waals surface area contributed by atoms with Crippen LogP contribution in [-0.2, 0) is 16.4 Å². The van der Waals surface area contributed by atoms with Crippen molar-refractivity contribution in [3.8, 4) is 0 Å². The fourth-order valence-electron chi connectivity index (χ4n) is 5.91. The monoisotopic (exact) mass is 637 g/mol. The van der Waals surface area contributed by atoms with Gasteiger partial charge in [-0.3, -0.25) is 9.10 Å². The number of carbonyl (C=O) groups is 2. The van der Waals surface area contributed by atoms with Gasteiger partial charge in [-0.1, -0.05) is 60.2 Å². The Hall–Kier alpha value is -5.09. The van der Waals surface area contributed by atoms with E-state index < -0.39 is 16.0 Å². The van der Waals surface area contributed by atoms with Crippen molar-refractivity contribution in [2.45, 2.75) is 25.2 Å². The molecule has 9 nitrogen and oxygen atoms in total. The zero-order chi connectivity index (χ0) is 32.4. The largest absolute Gasteiger partial charge is 0.475 e. The van der Waals surface area contributed by atoms with E-state index in [1.54, 1.807) is 6.92 Å². The Balaban J connectivity index is 1.33. The third-order valence-corrected chi connectivity index (χ3v) is 10.3. The lowest BCUT2D eigenvalue weighted by Crippen LogP contribution is -2.49. The Labute approximate surface area is 268 Å². The van der Waals surface area contributed by atoms with Gasteiger partial charge in [0.2, 0.25) is 5.76 Å². The molecule has 5 aromatic rings. The van der Waals surface area contributed by atoms with E-state index >= 15 is 0 Å². The molecule has 2 heterocycles. The zero-order valence-electron chi connectivity index (χ0n) is 25.7. The molecule has 1 aliphatic heterocycles. The number of anilines is 2. The van der Waals surface area contributed by atoms with Crippen LogP contribution in [0.25, 0.3) is 11.0 Å². The second kappa shape index (κ2) is 12.7. The van der Waals surface area contributed by atoms with Gasteiger partial charge in [-0.15, -0.1) is 0 Å². The first-order valence-corrected chi connectivity index (χ1v) is 16.6. The van der Waals surface area contributed by atoms with Crippen molar-refractivity contribution in [2.75, 3.05) is 41.9 Å². The first kappa shape index (κ1) is 30.9. The SMILES string of the molecule is Cc1ccc(C(=O)N2CCN(c3ccccc3N(CCc3ccccc3)S(=O)(=O)c3ccc4oc(C(=O)O)c(C)c4c3)CC2)cc1. The molecule has 1 N–H and O–H groups in total. The van der Waals surface area contributed by atoms with Crippen LogP contribution in [0.15, 0.2) is 106 Å². The summed E-state index contributed by atoms with van der Waals surface area (Å²) in [6, 6.07) is 29.2. The molecule has 236 valence electrons. The number of hydrogen-bond acceptors (Lipinski definition) is 6. The summed E-state index contributed by atoms with van der Waals surface area (Å²) in [6.45, 7) is 5.86. The van der Waals surface area contributed by atoms with Crippen LogP contribution in [0.2, 0.25) is 0 Å². The normalized spacial score (nSPS) is 13.6. The number of sulfonamides is 1. The van der Waals surface area contributed by atoms with E-state index in [1.807, 2.05) is 90.7 Å². The molecule has 1 fully saturated rings. The van der Waals surface area contributed by atoms with Gasteiger partial charge < -0.3 is 19.3 Å². The fourth-order valence-corrected chi connectivity index (χ4v) is 7.42. The van der Waals surface area contributed by atoms with E-state index in [0.29, 0.717) is 60.4 Å². The van der Waals surface area contributed by atoms with Gasteiger partial charge >= 0.3 is 5.97 Å². The molecular weight excluding hydrogens is 602 g/mol. The predicted octanol–water partition coefficient (Wildman–Crippen LogP) is 6.15. The van der Waals surface area contributed by atoms with Crippen molar-refractivity contribution in [1.29, 1.82) is 0 Å². The number of aryl methyl sites for hydroxylation is 2. The molecule has 0 radical (unpaired) electrons. The number of fused-ring (bicyclic) bond motifs is 1. The average Bonchev–Trinajstić information content (AvgIpc) is 3.41. The fraction of sp³-hybridized carbons (Fsp3) is 0.222. The number of amides is 1. The summed E-state index contributed by atoms with van der Waals surface area (Å²) in [5.74, 6) is -1.44. The second-order valence-electron chi connectivity index (χ2n) is 11.5. The molecular formula is C36H35N3O6S. The Bertz CT molecular complexity index is 2000. The van der Waals surface area contributed by atoms with Gasteiger partial charge in [0, 0.05) is 49.2 Å². The minimum absolute atomic E-state index is 0.0176. The van der Waals surface area contributed by atoms with Crippen LogP contribution in [0.4, 0.5) is 11.4 Å². The number of rotatable bonds is 9. The van der Waals surface area contributed by atoms with E-state index in [-0.39, 0.29) is 23.1 Å². The lowest BCUT2D eigenvalue weighted by atomic mass is 10.1. The number of benzene rings is 4. The summed E-state index contributed by atoms with van der Waals surface area (Å²) < 4.78 is 36.0. The molecule has 1 amide bonds. The number of carbonyl (C=O) groups excluding carboxylic acids is 1. The first-order chi connectivity index (χ1) is 22.1. The van der Waals surface area contributed by atoms with Gasteiger partial charge in [-0.25, -0.2) is 13.2 Å².